The van der Waals surface area contributed by atoms with Crippen LogP contribution >= 0.6 is 0 Å². The van der Waals surface area contributed by atoms with Gasteiger partial charge in [-0.1, -0.05) is 24.3 Å². The van der Waals surface area contributed by atoms with Gasteiger partial charge in [-0.25, -0.2) is 4.79 Å². The van der Waals surface area contributed by atoms with Crippen molar-refractivity contribution >= 4 is 6.09 Å². The fourth-order valence-electron chi connectivity index (χ4n) is 2.46. The molecule has 1 amide bonds. The van der Waals surface area contributed by atoms with Crippen molar-refractivity contribution in [3.63, 3.8) is 0 Å². The zero-order valence-corrected chi connectivity index (χ0v) is 12.6. The third kappa shape index (κ3) is 4.67. The van der Waals surface area contributed by atoms with Gasteiger partial charge < -0.3 is 14.8 Å². The molecule has 0 bridgehead atoms. The van der Waals surface area contributed by atoms with Crippen LogP contribution in [0.4, 0.5) is 4.79 Å². The molecule has 4 heteroatoms. The number of rotatable bonds is 4. The predicted octanol–water partition coefficient (Wildman–Crippen LogP) is 3.05. The van der Waals surface area contributed by atoms with E-state index in [-0.39, 0.29) is 6.09 Å². The standard InChI is InChI=1S/C16H25NO3/c1-16(2,3)20-15(18)17-11-13-7-5-4-6-12(13)10-14-8-9-19-14/h4-7,12-14H,8-11H2,1-3H3,(H,17,18)/t12-,13?,14?/m1/s1. The minimum atomic E-state index is -0.453. The third-order valence-corrected chi connectivity index (χ3v) is 3.59. The average Bonchev–Trinajstić information content (AvgIpc) is 2.30. The highest BCUT2D eigenvalue weighted by Crippen LogP contribution is 2.28. The highest BCUT2D eigenvalue weighted by Gasteiger charge is 2.27. The molecule has 4 nitrogen and oxygen atoms in total. The molecule has 0 spiro atoms. The summed E-state index contributed by atoms with van der Waals surface area (Å²) in [6.07, 6.45) is 10.7. The van der Waals surface area contributed by atoms with Crippen molar-refractivity contribution < 1.29 is 14.3 Å². The molecule has 1 heterocycles. The lowest BCUT2D eigenvalue weighted by Gasteiger charge is -2.33. The van der Waals surface area contributed by atoms with Gasteiger partial charge in [0.25, 0.3) is 0 Å². The molecule has 1 aliphatic heterocycles. The van der Waals surface area contributed by atoms with E-state index in [9.17, 15) is 4.79 Å². The van der Waals surface area contributed by atoms with Crippen LogP contribution in [0.15, 0.2) is 24.3 Å². The van der Waals surface area contributed by atoms with E-state index in [1.54, 1.807) is 0 Å². The Kier molecular flexibility index (Phi) is 4.86. The average molecular weight is 279 g/mol. The Morgan fingerprint density at radius 1 is 1.30 bits per heavy atom. The lowest BCUT2D eigenvalue weighted by Crippen LogP contribution is -2.38. The third-order valence-electron chi connectivity index (χ3n) is 3.59. The Bertz CT molecular complexity index is 391. The van der Waals surface area contributed by atoms with Crippen molar-refractivity contribution in [1.29, 1.82) is 0 Å². The normalized spacial score (nSPS) is 28.9. The molecule has 0 aromatic heterocycles. The summed E-state index contributed by atoms with van der Waals surface area (Å²) < 4.78 is 10.8. The zero-order valence-electron chi connectivity index (χ0n) is 12.6. The summed E-state index contributed by atoms with van der Waals surface area (Å²) in [6, 6.07) is 0. The van der Waals surface area contributed by atoms with E-state index in [0.717, 1.165) is 19.4 Å². The van der Waals surface area contributed by atoms with Gasteiger partial charge in [-0.2, -0.15) is 0 Å². The largest absolute Gasteiger partial charge is 0.444 e. The number of nitrogens with one attached hydrogen (secondary N) is 1. The van der Waals surface area contributed by atoms with Crippen LogP contribution in [0.2, 0.25) is 0 Å². The van der Waals surface area contributed by atoms with Crippen LogP contribution in [0.25, 0.3) is 0 Å². The van der Waals surface area contributed by atoms with E-state index >= 15 is 0 Å². The molecule has 2 unspecified atom stereocenters. The molecule has 20 heavy (non-hydrogen) atoms. The lowest BCUT2D eigenvalue weighted by molar-refractivity contribution is -0.0621. The Hall–Kier alpha value is -1.29. The molecule has 112 valence electrons. The molecule has 3 atom stereocenters. The lowest BCUT2D eigenvalue weighted by atomic mass is 9.83. The second-order valence-electron chi connectivity index (χ2n) is 6.50. The van der Waals surface area contributed by atoms with Gasteiger partial charge in [0, 0.05) is 19.1 Å². The van der Waals surface area contributed by atoms with Crippen LogP contribution in [0, 0.1) is 11.8 Å². The molecule has 0 radical (unpaired) electrons. The van der Waals surface area contributed by atoms with E-state index in [1.807, 2.05) is 26.8 Å². The van der Waals surface area contributed by atoms with Crippen LogP contribution < -0.4 is 5.32 Å². The van der Waals surface area contributed by atoms with Crippen molar-refractivity contribution in [2.24, 2.45) is 11.8 Å². The topological polar surface area (TPSA) is 47.6 Å². The Morgan fingerprint density at radius 2 is 1.95 bits per heavy atom. The Labute approximate surface area is 121 Å². The molecule has 0 aromatic rings. The highest BCUT2D eigenvalue weighted by atomic mass is 16.6. The summed E-state index contributed by atoms with van der Waals surface area (Å²) in [7, 11) is 0. The van der Waals surface area contributed by atoms with E-state index in [4.69, 9.17) is 9.47 Å². The fourth-order valence-corrected chi connectivity index (χ4v) is 2.46. The maximum absolute atomic E-state index is 11.7. The summed E-state index contributed by atoms with van der Waals surface area (Å²) in [5.74, 6) is 0.747. The van der Waals surface area contributed by atoms with Gasteiger partial charge in [-0.3, -0.25) is 0 Å². The highest BCUT2D eigenvalue weighted by molar-refractivity contribution is 5.67. The number of allylic oxidation sites excluding steroid dienone is 3. The summed E-state index contributed by atoms with van der Waals surface area (Å²) in [5, 5.41) is 2.86. The molecule has 1 aliphatic carbocycles. The quantitative estimate of drug-likeness (QED) is 0.860. The Morgan fingerprint density at radius 3 is 2.50 bits per heavy atom. The second-order valence-corrected chi connectivity index (χ2v) is 6.50. The van der Waals surface area contributed by atoms with Gasteiger partial charge in [0.2, 0.25) is 0 Å². The number of carbonyl (C=O) groups excluding carboxylic acids is 1. The van der Waals surface area contributed by atoms with Crippen LogP contribution in [0.1, 0.15) is 33.6 Å². The zero-order chi connectivity index (χ0) is 14.6. The second kappa shape index (κ2) is 6.44. The van der Waals surface area contributed by atoms with Crippen LogP contribution in [-0.4, -0.2) is 30.9 Å². The monoisotopic (exact) mass is 279 g/mol. The van der Waals surface area contributed by atoms with E-state index in [0.29, 0.717) is 24.5 Å². The molecule has 0 saturated carbocycles. The number of alkyl carbamates (subject to hydrolysis) is 1. The SMILES string of the molecule is CC(C)(C)OC(=O)NCC1C=CC=C[C@@H]1CC1CCO1. The van der Waals surface area contributed by atoms with Gasteiger partial charge in [-0.05, 0) is 39.5 Å². The smallest absolute Gasteiger partial charge is 0.407 e. The minimum Gasteiger partial charge on any atom is -0.444 e. The number of hydrogen-bond acceptors (Lipinski definition) is 3. The predicted molar refractivity (Wildman–Crippen MR) is 78.5 cm³/mol. The first-order chi connectivity index (χ1) is 9.44. The van der Waals surface area contributed by atoms with E-state index < -0.39 is 5.60 Å². The number of ether oxygens (including phenoxy) is 2. The maximum atomic E-state index is 11.7. The first-order valence-electron chi connectivity index (χ1n) is 7.37. The van der Waals surface area contributed by atoms with Crippen molar-refractivity contribution in [3.05, 3.63) is 24.3 Å². The van der Waals surface area contributed by atoms with Gasteiger partial charge in [0.15, 0.2) is 0 Å². The first-order valence-corrected chi connectivity index (χ1v) is 7.37. The molecular weight excluding hydrogens is 254 g/mol. The number of amides is 1. The summed E-state index contributed by atoms with van der Waals surface area (Å²) in [4.78, 5) is 11.7. The molecule has 1 fully saturated rings. The number of hydrogen-bond donors (Lipinski definition) is 1. The Balaban J connectivity index is 1.78. The molecule has 1 N–H and O–H groups in total. The van der Waals surface area contributed by atoms with Crippen molar-refractivity contribution in [3.8, 4) is 0 Å². The van der Waals surface area contributed by atoms with Crippen molar-refractivity contribution in [1.82, 2.24) is 5.32 Å². The van der Waals surface area contributed by atoms with Crippen molar-refractivity contribution in [2.45, 2.75) is 45.3 Å². The first kappa shape index (κ1) is 15.1. The van der Waals surface area contributed by atoms with Crippen LogP contribution in [0.3, 0.4) is 0 Å². The van der Waals surface area contributed by atoms with Gasteiger partial charge >= 0.3 is 6.09 Å². The molecule has 2 rings (SSSR count). The number of carbonyl (C=O) groups is 1. The molecular formula is C16H25NO3. The van der Waals surface area contributed by atoms with Crippen molar-refractivity contribution in [2.75, 3.05) is 13.2 Å². The molecule has 0 aromatic carbocycles. The minimum absolute atomic E-state index is 0.316. The van der Waals surface area contributed by atoms with Gasteiger partial charge in [0.05, 0.1) is 6.10 Å². The summed E-state index contributed by atoms with van der Waals surface area (Å²) >= 11 is 0. The fraction of sp³-hybridized carbons (Fsp3) is 0.688. The molecule has 1 saturated heterocycles. The summed E-state index contributed by atoms with van der Waals surface area (Å²) in [6.45, 7) is 7.09. The van der Waals surface area contributed by atoms with E-state index in [1.165, 1.54) is 0 Å². The van der Waals surface area contributed by atoms with E-state index in [2.05, 4.69) is 23.5 Å². The summed E-state index contributed by atoms with van der Waals surface area (Å²) in [5.41, 5.74) is -0.453. The van der Waals surface area contributed by atoms with Gasteiger partial charge in [0.1, 0.15) is 5.60 Å². The molecule has 2 aliphatic rings. The van der Waals surface area contributed by atoms with Crippen LogP contribution in [-0.2, 0) is 9.47 Å². The maximum Gasteiger partial charge on any atom is 0.407 e. The van der Waals surface area contributed by atoms with Gasteiger partial charge in [-0.15, -0.1) is 0 Å². The van der Waals surface area contributed by atoms with Crippen LogP contribution in [0.5, 0.6) is 0 Å².